The summed E-state index contributed by atoms with van der Waals surface area (Å²) in [5.41, 5.74) is 6.77. The number of nitrogens with two attached hydrogens (primary N) is 1. The highest BCUT2D eigenvalue weighted by Crippen LogP contribution is 2.19. The number of oxime groups is 1. The summed E-state index contributed by atoms with van der Waals surface area (Å²) in [5, 5.41) is 14.6. The van der Waals surface area contributed by atoms with E-state index >= 15 is 0 Å². The highest BCUT2D eigenvalue weighted by Gasteiger charge is 2.11. The highest BCUT2D eigenvalue weighted by atomic mass is 19.1. The highest BCUT2D eigenvalue weighted by molar-refractivity contribution is 5.80. The first-order valence-corrected chi connectivity index (χ1v) is 5.56. The SMILES string of the molecule is CCC(C/C(N)=N/O)Nc1cccc(F)c1C. The monoisotopic (exact) mass is 239 g/mol. The van der Waals surface area contributed by atoms with Crippen LogP contribution >= 0.6 is 0 Å². The summed E-state index contributed by atoms with van der Waals surface area (Å²) in [6.07, 6.45) is 1.22. The fraction of sp³-hybridized carbons (Fsp3) is 0.417. The lowest BCUT2D eigenvalue weighted by Crippen LogP contribution is -2.26. The summed E-state index contributed by atoms with van der Waals surface area (Å²) in [7, 11) is 0. The van der Waals surface area contributed by atoms with Crippen LogP contribution in [0.2, 0.25) is 0 Å². The molecule has 1 rings (SSSR count). The molecule has 0 fully saturated rings. The zero-order valence-corrected chi connectivity index (χ0v) is 10.1. The Morgan fingerprint density at radius 1 is 1.59 bits per heavy atom. The average Bonchev–Trinajstić information content (AvgIpc) is 2.33. The zero-order chi connectivity index (χ0) is 12.8. The van der Waals surface area contributed by atoms with Crippen LogP contribution in [0.4, 0.5) is 10.1 Å². The van der Waals surface area contributed by atoms with Gasteiger partial charge in [-0.2, -0.15) is 0 Å². The smallest absolute Gasteiger partial charge is 0.141 e. The second kappa shape index (κ2) is 6.08. The molecule has 0 aromatic heterocycles. The summed E-state index contributed by atoms with van der Waals surface area (Å²) in [6.45, 7) is 3.70. The van der Waals surface area contributed by atoms with Crippen molar-refractivity contribution in [2.75, 3.05) is 5.32 Å². The van der Waals surface area contributed by atoms with Crippen LogP contribution in [0, 0.1) is 12.7 Å². The van der Waals surface area contributed by atoms with Crippen LogP contribution < -0.4 is 11.1 Å². The van der Waals surface area contributed by atoms with Gasteiger partial charge in [0.25, 0.3) is 0 Å². The molecule has 0 heterocycles. The van der Waals surface area contributed by atoms with E-state index in [1.165, 1.54) is 6.07 Å². The lowest BCUT2D eigenvalue weighted by atomic mass is 10.1. The van der Waals surface area contributed by atoms with Crippen molar-refractivity contribution >= 4 is 11.5 Å². The number of hydrogen-bond acceptors (Lipinski definition) is 3. The first kappa shape index (κ1) is 13.3. The van der Waals surface area contributed by atoms with E-state index in [4.69, 9.17) is 10.9 Å². The molecule has 17 heavy (non-hydrogen) atoms. The summed E-state index contributed by atoms with van der Waals surface area (Å²) in [5.74, 6) is -0.0768. The van der Waals surface area contributed by atoms with Crippen molar-refractivity contribution in [1.29, 1.82) is 0 Å². The van der Waals surface area contributed by atoms with Crippen molar-refractivity contribution in [2.45, 2.75) is 32.7 Å². The van der Waals surface area contributed by atoms with Crippen molar-refractivity contribution in [3.8, 4) is 0 Å². The summed E-state index contributed by atoms with van der Waals surface area (Å²) in [6, 6.07) is 4.91. The predicted octanol–water partition coefficient (Wildman–Crippen LogP) is 2.46. The Hall–Kier alpha value is -1.78. The minimum atomic E-state index is -0.242. The first-order chi connectivity index (χ1) is 8.08. The second-order valence-corrected chi connectivity index (χ2v) is 3.96. The maximum Gasteiger partial charge on any atom is 0.141 e. The van der Waals surface area contributed by atoms with Crippen molar-refractivity contribution in [2.24, 2.45) is 10.9 Å². The largest absolute Gasteiger partial charge is 0.409 e. The van der Waals surface area contributed by atoms with Crippen LogP contribution in [0.5, 0.6) is 0 Å². The van der Waals surface area contributed by atoms with E-state index in [0.717, 1.165) is 12.1 Å². The molecule has 0 aliphatic heterocycles. The van der Waals surface area contributed by atoms with E-state index in [2.05, 4.69) is 10.5 Å². The van der Waals surface area contributed by atoms with Gasteiger partial charge < -0.3 is 16.3 Å². The molecule has 0 aliphatic carbocycles. The third-order valence-corrected chi connectivity index (χ3v) is 2.70. The van der Waals surface area contributed by atoms with Crippen LogP contribution in [0.25, 0.3) is 0 Å². The Labute approximate surface area is 100 Å². The topological polar surface area (TPSA) is 70.6 Å². The van der Waals surface area contributed by atoms with Crippen LogP contribution in [0.15, 0.2) is 23.4 Å². The Morgan fingerprint density at radius 2 is 2.29 bits per heavy atom. The number of benzene rings is 1. The number of hydrogen-bond donors (Lipinski definition) is 3. The van der Waals surface area contributed by atoms with Gasteiger partial charge in [0.2, 0.25) is 0 Å². The maximum absolute atomic E-state index is 13.3. The molecular formula is C12H18FN3O. The van der Waals surface area contributed by atoms with E-state index in [-0.39, 0.29) is 17.7 Å². The predicted molar refractivity (Wildman–Crippen MR) is 66.9 cm³/mol. The Balaban J connectivity index is 2.77. The number of rotatable bonds is 5. The van der Waals surface area contributed by atoms with Gasteiger partial charge in [-0.25, -0.2) is 4.39 Å². The van der Waals surface area contributed by atoms with Crippen LogP contribution in [0.3, 0.4) is 0 Å². The van der Waals surface area contributed by atoms with E-state index in [9.17, 15) is 4.39 Å². The Morgan fingerprint density at radius 3 is 2.88 bits per heavy atom. The number of nitrogens with one attached hydrogen (secondary N) is 1. The molecular weight excluding hydrogens is 221 g/mol. The molecule has 5 heteroatoms. The van der Waals surface area contributed by atoms with E-state index in [1.54, 1.807) is 13.0 Å². The quantitative estimate of drug-likeness (QED) is 0.320. The average molecular weight is 239 g/mol. The summed E-state index contributed by atoms with van der Waals surface area (Å²) >= 11 is 0. The maximum atomic E-state index is 13.3. The standard InChI is InChI=1S/C12H18FN3O/c1-3-9(7-12(14)16-17)15-11-6-4-5-10(13)8(11)2/h4-6,9,15,17H,3,7H2,1-2H3,(H2,14,16). The molecule has 4 nitrogen and oxygen atoms in total. The van der Waals surface area contributed by atoms with Gasteiger partial charge in [0.1, 0.15) is 11.7 Å². The fourth-order valence-electron chi connectivity index (χ4n) is 1.57. The molecule has 1 aromatic carbocycles. The Bertz CT molecular complexity index is 407. The molecule has 1 unspecified atom stereocenters. The molecule has 0 aliphatic rings. The lowest BCUT2D eigenvalue weighted by molar-refractivity contribution is 0.316. The van der Waals surface area contributed by atoms with E-state index in [0.29, 0.717) is 12.0 Å². The third-order valence-electron chi connectivity index (χ3n) is 2.70. The van der Waals surface area contributed by atoms with Crippen molar-refractivity contribution in [3.63, 3.8) is 0 Å². The normalized spacial score (nSPS) is 13.5. The van der Waals surface area contributed by atoms with Gasteiger partial charge in [-0.05, 0) is 25.5 Å². The third kappa shape index (κ3) is 3.62. The molecule has 0 radical (unpaired) electrons. The van der Waals surface area contributed by atoms with Crippen LogP contribution in [-0.4, -0.2) is 17.1 Å². The van der Waals surface area contributed by atoms with Gasteiger partial charge in [-0.3, -0.25) is 0 Å². The number of halogens is 1. The van der Waals surface area contributed by atoms with Crippen molar-refractivity contribution in [1.82, 2.24) is 0 Å². The van der Waals surface area contributed by atoms with Gasteiger partial charge in [0.05, 0.1) is 0 Å². The van der Waals surface area contributed by atoms with Crippen molar-refractivity contribution < 1.29 is 9.60 Å². The first-order valence-electron chi connectivity index (χ1n) is 5.56. The van der Waals surface area contributed by atoms with E-state index < -0.39 is 0 Å². The van der Waals surface area contributed by atoms with Gasteiger partial charge in [0, 0.05) is 23.7 Å². The molecule has 1 atom stereocenters. The van der Waals surface area contributed by atoms with Gasteiger partial charge in [0.15, 0.2) is 0 Å². The molecule has 0 saturated heterocycles. The molecule has 0 spiro atoms. The van der Waals surface area contributed by atoms with Gasteiger partial charge >= 0.3 is 0 Å². The van der Waals surface area contributed by atoms with Gasteiger partial charge in [-0.1, -0.05) is 18.1 Å². The minimum absolute atomic E-state index is 0.0198. The molecule has 0 bridgehead atoms. The number of anilines is 1. The molecule has 0 amide bonds. The number of amidine groups is 1. The fourth-order valence-corrected chi connectivity index (χ4v) is 1.57. The minimum Gasteiger partial charge on any atom is -0.409 e. The van der Waals surface area contributed by atoms with E-state index in [1.807, 2.05) is 13.0 Å². The van der Waals surface area contributed by atoms with Crippen LogP contribution in [0.1, 0.15) is 25.3 Å². The Kier molecular flexibility index (Phi) is 4.75. The van der Waals surface area contributed by atoms with Crippen LogP contribution in [-0.2, 0) is 0 Å². The molecule has 1 aromatic rings. The molecule has 0 saturated carbocycles. The lowest BCUT2D eigenvalue weighted by Gasteiger charge is -2.19. The van der Waals surface area contributed by atoms with Crippen molar-refractivity contribution in [3.05, 3.63) is 29.6 Å². The molecule has 4 N–H and O–H groups in total. The molecule has 94 valence electrons. The summed E-state index contributed by atoms with van der Waals surface area (Å²) in [4.78, 5) is 0. The second-order valence-electron chi connectivity index (χ2n) is 3.96. The van der Waals surface area contributed by atoms with Gasteiger partial charge in [-0.15, -0.1) is 0 Å². The zero-order valence-electron chi connectivity index (χ0n) is 10.1. The number of nitrogens with zero attached hydrogens (tertiary/aromatic N) is 1. The summed E-state index contributed by atoms with van der Waals surface area (Å²) < 4.78 is 13.3.